The van der Waals surface area contributed by atoms with E-state index in [4.69, 9.17) is 9.47 Å². The molecule has 2 aromatic heterocycles. The molecule has 0 bridgehead atoms. The lowest BCUT2D eigenvalue weighted by Crippen LogP contribution is -2.48. The number of hydrogen-bond acceptors (Lipinski definition) is 6. The van der Waals surface area contributed by atoms with Crippen LogP contribution < -0.4 is 4.74 Å². The third-order valence-corrected chi connectivity index (χ3v) is 4.97. The number of pyridine rings is 2. The van der Waals surface area contributed by atoms with Gasteiger partial charge in [0, 0.05) is 63.8 Å². The van der Waals surface area contributed by atoms with Crippen LogP contribution in [0.15, 0.2) is 42.9 Å². The maximum Gasteiger partial charge on any atom is 0.255 e. The number of hydrogen-bond donors (Lipinski definition) is 0. The van der Waals surface area contributed by atoms with Crippen LogP contribution in [0.2, 0.25) is 0 Å². The molecule has 7 heteroatoms. The van der Waals surface area contributed by atoms with Gasteiger partial charge in [-0.2, -0.15) is 0 Å². The van der Waals surface area contributed by atoms with E-state index in [1.807, 2.05) is 29.4 Å². The molecule has 1 amide bonds. The Morgan fingerprint density at radius 1 is 1.15 bits per heavy atom. The van der Waals surface area contributed by atoms with E-state index in [0.29, 0.717) is 18.1 Å². The fraction of sp³-hybridized carbons (Fsp3) is 0.450. The van der Waals surface area contributed by atoms with Gasteiger partial charge in [0.25, 0.3) is 5.91 Å². The second-order valence-electron chi connectivity index (χ2n) is 6.91. The van der Waals surface area contributed by atoms with Crippen LogP contribution in [0, 0.1) is 0 Å². The third-order valence-electron chi connectivity index (χ3n) is 4.97. The van der Waals surface area contributed by atoms with Crippen molar-refractivity contribution in [3.63, 3.8) is 0 Å². The summed E-state index contributed by atoms with van der Waals surface area (Å²) in [5, 5.41) is 0. The summed E-state index contributed by atoms with van der Waals surface area (Å²) in [7, 11) is 0. The van der Waals surface area contributed by atoms with Gasteiger partial charge in [-0.1, -0.05) is 0 Å². The normalized spacial score (nSPS) is 20.6. The molecule has 2 aliphatic heterocycles. The molecule has 2 saturated heterocycles. The number of nitrogens with zero attached hydrogens (tertiary/aromatic N) is 4. The Morgan fingerprint density at radius 2 is 1.96 bits per heavy atom. The van der Waals surface area contributed by atoms with E-state index in [1.54, 1.807) is 18.3 Å². The first-order valence-corrected chi connectivity index (χ1v) is 9.39. The van der Waals surface area contributed by atoms with Crippen molar-refractivity contribution in [2.75, 3.05) is 39.4 Å². The fourth-order valence-corrected chi connectivity index (χ4v) is 3.39. The summed E-state index contributed by atoms with van der Waals surface area (Å²) < 4.78 is 11.1. The van der Waals surface area contributed by atoms with Gasteiger partial charge in [-0.25, -0.2) is 4.98 Å². The molecule has 0 aromatic carbocycles. The van der Waals surface area contributed by atoms with Crippen LogP contribution >= 0.6 is 0 Å². The van der Waals surface area contributed by atoms with E-state index in [2.05, 4.69) is 14.9 Å². The highest BCUT2D eigenvalue weighted by atomic mass is 16.5. The highest BCUT2D eigenvalue weighted by Gasteiger charge is 2.23. The molecule has 1 unspecified atom stereocenters. The highest BCUT2D eigenvalue weighted by molar-refractivity contribution is 5.94. The van der Waals surface area contributed by atoms with Crippen molar-refractivity contribution in [3.05, 3.63) is 54.0 Å². The topological polar surface area (TPSA) is 67.8 Å². The highest BCUT2D eigenvalue weighted by Crippen LogP contribution is 2.16. The zero-order valence-corrected chi connectivity index (χ0v) is 15.3. The van der Waals surface area contributed by atoms with Gasteiger partial charge in [0.15, 0.2) is 0 Å². The maximum atomic E-state index is 12.7. The fourth-order valence-electron chi connectivity index (χ4n) is 3.39. The number of amides is 1. The van der Waals surface area contributed by atoms with Crippen LogP contribution in [0.3, 0.4) is 0 Å². The molecule has 2 fully saturated rings. The average molecular weight is 368 g/mol. The molecule has 4 heterocycles. The standard InChI is InChI=1S/C20H24N4O3/c25-20(17-1-2-19(22-13-17)27-18-5-12-26-15-18)24-10-8-23(9-11-24)14-16-3-6-21-7-4-16/h1-4,6-7,13,18H,5,8-12,14-15H2. The van der Waals surface area contributed by atoms with Gasteiger partial charge in [-0.3, -0.25) is 14.7 Å². The lowest BCUT2D eigenvalue weighted by atomic mass is 10.2. The van der Waals surface area contributed by atoms with Crippen molar-refractivity contribution in [2.45, 2.75) is 19.1 Å². The first-order chi connectivity index (χ1) is 13.3. The summed E-state index contributed by atoms with van der Waals surface area (Å²) in [4.78, 5) is 25.3. The molecule has 7 nitrogen and oxygen atoms in total. The quantitative estimate of drug-likeness (QED) is 0.799. The molecular weight excluding hydrogens is 344 g/mol. The first kappa shape index (κ1) is 17.9. The number of piperazine rings is 1. The minimum absolute atomic E-state index is 0.0295. The van der Waals surface area contributed by atoms with Crippen molar-refractivity contribution in [1.29, 1.82) is 0 Å². The second-order valence-corrected chi connectivity index (χ2v) is 6.91. The molecule has 2 aliphatic rings. The zero-order valence-electron chi connectivity index (χ0n) is 15.3. The van der Waals surface area contributed by atoms with Crippen molar-refractivity contribution in [2.24, 2.45) is 0 Å². The van der Waals surface area contributed by atoms with Crippen LogP contribution in [0.5, 0.6) is 5.88 Å². The van der Waals surface area contributed by atoms with Crippen LogP contribution in [-0.4, -0.2) is 71.2 Å². The van der Waals surface area contributed by atoms with Gasteiger partial charge in [0.05, 0.1) is 18.8 Å². The monoisotopic (exact) mass is 368 g/mol. The lowest BCUT2D eigenvalue weighted by molar-refractivity contribution is 0.0628. The Labute approximate surface area is 158 Å². The number of ether oxygens (including phenoxy) is 2. The molecule has 0 N–H and O–H groups in total. The van der Waals surface area contributed by atoms with E-state index in [0.717, 1.165) is 45.8 Å². The van der Waals surface area contributed by atoms with Gasteiger partial charge in [-0.05, 0) is 23.8 Å². The molecular formula is C20H24N4O3. The summed E-state index contributed by atoms with van der Waals surface area (Å²) in [6.07, 6.45) is 6.18. The number of carbonyl (C=O) groups excluding carboxylic acids is 1. The molecule has 0 spiro atoms. The van der Waals surface area contributed by atoms with Crippen LogP contribution in [0.25, 0.3) is 0 Å². The molecule has 27 heavy (non-hydrogen) atoms. The van der Waals surface area contributed by atoms with E-state index in [-0.39, 0.29) is 12.0 Å². The summed E-state index contributed by atoms with van der Waals surface area (Å²) in [5.74, 6) is 0.575. The molecule has 142 valence electrons. The Hall–Kier alpha value is -2.51. The summed E-state index contributed by atoms with van der Waals surface area (Å²) >= 11 is 0. The minimum Gasteiger partial charge on any atom is -0.472 e. The number of aromatic nitrogens is 2. The predicted octanol–water partition coefficient (Wildman–Crippen LogP) is 1.60. The number of carbonyl (C=O) groups is 1. The van der Waals surface area contributed by atoms with Crippen molar-refractivity contribution in [1.82, 2.24) is 19.8 Å². The van der Waals surface area contributed by atoms with Gasteiger partial charge in [-0.15, -0.1) is 0 Å². The Bertz CT molecular complexity index is 740. The molecule has 4 rings (SSSR count). The molecule has 1 atom stereocenters. The SMILES string of the molecule is O=C(c1ccc(OC2CCOC2)nc1)N1CCN(Cc2ccncc2)CC1. The van der Waals surface area contributed by atoms with Crippen LogP contribution in [0.1, 0.15) is 22.3 Å². The van der Waals surface area contributed by atoms with Crippen molar-refractivity contribution in [3.8, 4) is 5.88 Å². The molecule has 0 radical (unpaired) electrons. The third kappa shape index (κ3) is 4.61. The van der Waals surface area contributed by atoms with E-state index in [9.17, 15) is 4.79 Å². The predicted molar refractivity (Wildman–Crippen MR) is 99.5 cm³/mol. The van der Waals surface area contributed by atoms with Gasteiger partial charge in [0.2, 0.25) is 5.88 Å². The Morgan fingerprint density at radius 3 is 2.63 bits per heavy atom. The molecule has 2 aromatic rings. The minimum atomic E-state index is 0.0295. The summed E-state index contributed by atoms with van der Waals surface area (Å²) in [6.45, 7) is 5.40. The second kappa shape index (κ2) is 8.45. The Balaban J connectivity index is 1.28. The van der Waals surface area contributed by atoms with Gasteiger partial charge >= 0.3 is 0 Å². The van der Waals surface area contributed by atoms with Gasteiger partial charge in [0.1, 0.15) is 6.10 Å². The van der Waals surface area contributed by atoms with E-state index < -0.39 is 0 Å². The van der Waals surface area contributed by atoms with Gasteiger partial charge < -0.3 is 14.4 Å². The average Bonchev–Trinajstić information content (AvgIpc) is 3.22. The largest absolute Gasteiger partial charge is 0.472 e. The number of rotatable bonds is 5. The first-order valence-electron chi connectivity index (χ1n) is 9.39. The van der Waals surface area contributed by atoms with E-state index >= 15 is 0 Å². The summed E-state index contributed by atoms with van der Waals surface area (Å²) in [6, 6.07) is 7.63. The maximum absolute atomic E-state index is 12.7. The smallest absolute Gasteiger partial charge is 0.255 e. The molecule has 0 aliphatic carbocycles. The summed E-state index contributed by atoms with van der Waals surface area (Å²) in [5.41, 5.74) is 1.85. The molecule has 0 saturated carbocycles. The van der Waals surface area contributed by atoms with Crippen LogP contribution in [-0.2, 0) is 11.3 Å². The van der Waals surface area contributed by atoms with Crippen molar-refractivity contribution >= 4 is 5.91 Å². The van der Waals surface area contributed by atoms with E-state index in [1.165, 1.54) is 5.56 Å². The Kier molecular flexibility index (Phi) is 5.60. The lowest BCUT2D eigenvalue weighted by Gasteiger charge is -2.34. The zero-order chi connectivity index (χ0) is 18.5. The van der Waals surface area contributed by atoms with Crippen molar-refractivity contribution < 1.29 is 14.3 Å². The van der Waals surface area contributed by atoms with Crippen LogP contribution in [0.4, 0.5) is 0 Å².